The maximum Gasteiger partial charge on any atom is 0.111 e. The quantitative estimate of drug-likeness (QED) is 0.721. The average molecular weight is 232 g/mol. The molecule has 0 aromatic rings. The van der Waals surface area contributed by atoms with Gasteiger partial charge in [0.2, 0.25) is 0 Å². The summed E-state index contributed by atoms with van der Waals surface area (Å²) in [7, 11) is 0. The highest BCUT2D eigenvalue weighted by atomic mass is 32.2. The molecule has 0 saturated carbocycles. The van der Waals surface area contributed by atoms with Crippen molar-refractivity contribution in [3.63, 3.8) is 0 Å². The van der Waals surface area contributed by atoms with E-state index in [0.29, 0.717) is 6.10 Å². The van der Waals surface area contributed by atoms with E-state index in [0.717, 1.165) is 10.5 Å². The summed E-state index contributed by atoms with van der Waals surface area (Å²) >= 11 is 4.20. The van der Waals surface area contributed by atoms with Crippen LogP contribution >= 0.6 is 23.5 Å². The van der Waals surface area contributed by atoms with E-state index in [4.69, 9.17) is 4.74 Å². The normalized spacial score (nSPS) is 48.6. The van der Waals surface area contributed by atoms with Gasteiger partial charge in [-0.2, -0.15) is 11.8 Å². The van der Waals surface area contributed by atoms with Crippen LogP contribution in [0.1, 0.15) is 40.0 Å². The molecule has 2 fully saturated rings. The fourth-order valence-electron chi connectivity index (χ4n) is 2.28. The van der Waals surface area contributed by atoms with Gasteiger partial charge < -0.3 is 4.74 Å². The summed E-state index contributed by atoms with van der Waals surface area (Å²) in [6.45, 7) is 6.83. The van der Waals surface area contributed by atoms with Crippen LogP contribution < -0.4 is 0 Å². The molecule has 2 heterocycles. The van der Waals surface area contributed by atoms with Crippen LogP contribution in [0.25, 0.3) is 0 Å². The molecule has 14 heavy (non-hydrogen) atoms. The molecular formula is C11H20OS2. The van der Waals surface area contributed by atoms with Gasteiger partial charge in [-0.25, -0.2) is 0 Å². The Morgan fingerprint density at radius 1 is 1.36 bits per heavy atom. The molecule has 1 nitrogen and oxygen atoms in total. The van der Waals surface area contributed by atoms with Crippen LogP contribution in [-0.4, -0.2) is 27.3 Å². The molecule has 2 saturated heterocycles. The van der Waals surface area contributed by atoms with Crippen LogP contribution in [0.3, 0.4) is 0 Å². The minimum Gasteiger partial charge on any atom is -0.362 e. The van der Waals surface area contributed by atoms with Gasteiger partial charge in [0.05, 0.1) is 6.10 Å². The van der Waals surface area contributed by atoms with Gasteiger partial charge >= 0.3 is 0 Å². The van der Waals surface area contributed by atoms with Crippen LogP contribution in [0.15, 0.2) is 0 Å². The zero-order valence-electron chi connectivity index (χ0n) is 9.29. The molecule has 4 atom stereocenters. The number of thioether (sulfide) groups is 2. The Hall–Kier alpha value is 0.660. The lowest BCUT2D eigenvalue weighted by atomic mass is 10.2. The lowest BCUT2D eigenvalue weighted by molar-refractivity contribution is 0.0434. The van der Waals surface area contributed by atoms with Gasteiger partial charge in [0, 0.05) is 10.5 Å². The minimum absolute atomic E-state index is 0.114. The molecule has 2 aliphatic heterocycles. The molecule has 0 radical (unpaired) electrons. The zero-order chi connectivity index (χ0) is 10.2. The van der Waals surface area contributed by atoms with Gasteiger partial charge in [-0.3, -0.25) is 0 Å². The maximum atomic E-state index is 6.01. The second-order valence-corrected chi connectivity index (χ2v) is 7.81. The lowest BCUT2D eigenvalue weighted by Gasteiger charge is -2.28. The van der Waals surface area contributed by atoms with Gasteiger partial charge in [-0.1, -0.05) is 6.92 Å². The van der Waals surface area contributed by atoms with Crippen molar-refractivity contribution in [3.8, 4) is 0 Å². The van der Waals surface area contributed by atoms with Crippen molar-refractivity contribution in [3.05, 3.63) is 0 Å². The third kappa shape index (κ3) is 2.42. The zero-order valence-corrected chi connectivity index (χ0v) is 10.9. The van der Waals surface area contributed by atoms with Gasteiger partial charge in [0.1, 0.15) is 4.93 Å². The van der Waals surface area contributed by atoms with E-state index in [1.54, 1.807) is 0 Å². The molecule has 2 aliphatic rings. The van der Waals surface area contributed by atoms with E-state index < -0.39 is 0 Å². The van der Waals surface area contributed by atoms with Gasteiger partial charge in [0.15, 0.2) is 0 Å². The standard InChI is InChI=1S/C11H20OS2/c1-8-4-6-11(3,12-8)14-10-5-7-13-9(10)2/h8-10H,4-7H2,1-3H3. The first kappa shape index (κ1) is 11.2. The highest BCUT2D eigenvalue weighted by Crippen LogP contribution is 2.46. The van der Waals surface area contributed by atoms with Crippen molar-refractivity contribution in [2.24, 2.45) is 0 Å². The average Bonchev–Trinajstić information content (AvgIpc) is 2.62. The molecule has 0 aromatic carbocycles. The van der Waals surface area contributed by atoms with Crippen LogP contribution in [0, 0.1) is 0 Å². The first-order chi connectivity index (χ1) is 6.59. The molecule has 0 amide bonds. The molecule has 2 rings (SSSR count). The summed E-state index contributed by atoms with van der Waals surface area (Å²) in [6.07, 6.45) is 4.30. The monoisotopic (exact) mass is 232 g/mol. The highest BCUT2D eigenvalue weighted by molar-refractivity contribution is 8.05. The van der Waals surface area contributed by atoms with Crippen molar-refractivity contribution < 1.29 is 4.74 Å². The third-order valence-electron chi connectivity index (χ3n) is 3.16. The number of hydrogen-bond donors (Lipinski definition) is 0. The van der Waals surface area contributed by atoms with E-state index in [-0.39, 0.29) is 4.93 Å². The third-order valence-corrected chi connectivity index (χ3v) is 6.41. The van der Waals surface area contributed by atoms with E-state index in [9.17, 15) is 0 Å². The van der Waals surface area contributed by atoms with E-state index >= 15 is 0 Å². The highest BCUT2D eigenvalue weighted by Gasteiger charge is 2.39. The van der Waals surface area contributed by atoms with E-state index in [2.05, 4.69) is 44.3 Å². The second kappa shape index (κ2) is 4.26. The summed E-state index contributed by atoms with van der Waals surface area (Å²) in [5, 5.41) is 1.63. The van der Waals surface area contributed by atoms with Crippen LogP contribution in [0.4, 0.5) is 0 Å². The first-order valence-electron chi connectivity index (χ1n) is 5.56. The second-order valence-electron chi connectivity index (χ2n) is 4.62. The first-order valence-corrected chi connectivity index (χ1v) is 7.49. The van der Waals surface area contributed by atoms with Gasteiger partial charge in [0.25, 0.3) is 0 Å². The molecule has 0 aliphatic carbocycles. The number of ether oxygens (including phenoxy) is 1. The molecule has 0 bridgehead atoms. The van der Waals surface area contributed by atoms with Crippen molar-refractivity contribution in [1.82, 2.24) is 0 Å². The smallest absolute Gasteiger partial charge is 0.111 e. The Labute approximate surface area is 95.7 Å². The molecular weight excluding hydrogens is 212 g/mol. The fraction of sp³-hybridized carbons (Fsp3) is 1.00. The molecule has 82 valence electrons. The predicted octanol–water partition coefficient (Wildman–Crippen LogP) is 3.53. The summed E-state index contributed by atoms with van der Waals surface area (Å²) in [6, 6.07) is 0. The summed E-state index contributed by atoms with van der Waals surface area (Å²) in [4.78, 5) is 0.114. The molecule has 0 N–H and O–H groups in total. The van der Waals surface area contributed by atoms with Crippen molar-refractivity contribution in [2.75, 3.05) is 5.75 Å². The topological polar surface area (TPSA) is 9.23 Å². The van der Waals surface area contributed by atoms with Crippen LogP contribution in [-0.2, 0) is 4.74 Å². The molecule has 0 spiro atoms. The number of rotatable bonds is 2. The van der Waals surface area contributed by atoms with Gasteiger partial charge in [-0.15, -0.1) is 11.8 Å². The van der Waals surface area contributed by atoms with E-state index in [1.807, 2.05) is 0 Å². The lowest BCUT2D eigenvalue weighted by Crippen LogP contribution is -2.26. The molecule has 3 heteroatoms. The SMILES string of the molecule is CC1CCC(C)(SC2CCSC2C)O1. The largest absolute Gasteiger partial charge is 0.362 e. The Morgan fingerprint density at radius 2 is 2.14 bits per heavy atom. The fourth-order valence-corrected chi connectivity index (χ4v) is 5.47. The maximum absolute atomic E-state index is 6.01. The Bertz CT molecular complexity index is 209. The Balaban J connectivity index is 1.90. The predicted molar refractivity (Wildman–Crippen MR) is 66.1 cm³/mol. The van der Waals surface area contributed by atoms with Crippen LogP contribution in [0.5, 0.6) is 0 Å². The molecule has 4 unspecified atom stereocenters. The Kier molecular flexibility index (Phi) is 3.40. The molecule has 0 aromatic heterocycles. The summed E-state index contributed by atoms with van der Waals surface area (Å²) < 4.78 is 6.01. The summed E-state index contributed by atoms with van der Waals surface area (Å²) in [5.41, 5.74) is 0. The van der Waals surface area contributed by atoms with Crippen molar-refractivity contribution >= 4 is 23.5 Å². The van der Waals surface area contributed by atoms with Gasteiger partial charge in [-0.05, 0) is 38.9 Å². The van der Waals surface area contributed by atoms with Crippen molar-refractivity contribution in [2.45, 2.75) is 61.6 Å². The minimum atomic E-state index is 0.114. The van der Waals surface area contributed by atoms with Crippen LogP contribution in [0.2, 0.25) is 0 Å². The Morgan fingerprint density at radius 3 is 2.64 bits per heavy atom. The number of hydrogen-bond acceptors (Lipinski definition) is 3. The van der Waals surface area contributed by atoms with Crippen molar-refractivity contribution in [1.29, 1.82) is 0 Å². The summed E-state index contributed by atoms with van der Waals surface area (Å²) in [5.74, 6) is 1.34. The van der Waals surface area contributed by atoms with E-state index in [1.165, 1.54) is 25.0 Å².